The number of carbonyl (C=O) groups is 1. The summed E-state index contributed by atoms with van der Waals surface area (Å²) in [5, 5.41) is 2.70. The molecule has 1 saturated heterocycles. The van der Waals surface area contributed by atoms with E-state index in [1.165, 1.54) is 30.3 Å². The van der Waals surface area contributed by atoms with Crippen LogP contribution in [0.4, 0.5) is 10.1 Å². The van der Waals surface area contributed by atoms with Gasteiger partial charge >= 0.3 is 0 Å². The number of fused-ring (bicyclic) bond motifs is 2. The zero-order valence-corrected chi connectivity index (χ0v) is 18.3. The number of amides is 1. The SMILES string of the molecule is CC1(C)C[C@@H]2C[C@](C)(CN2S(=O)(=O)c2cccc(NC(=O)c3ccc(F)cc3)c2)C1. The van der Waals surface area contributed by atoms with Crippen molar-refractivity contribution in [2.75, 3.05) is 11.9 Å². The van der Waals surface area contributed by atoms with E-state index in [2.05, 4.69) is 26.1 Å². The number of hydrogen-bond donors (Lipinski definition) is 1. The van der Waals surface area contributed by atoms with Crippen molar-refractivity contribution in [3.05, 3.63) is 59.9 Å². The molecule has 2 bridgehead atoms. The average molecular weight is 431 g/mol. The first kappa shape index (κ1) is 21.0. The molecule has 2 atom stereocenters. The minimum Gasteiger partial charge on any atom is -0.322 e. The number of rotatable bonds is 4. The maximum absolute atomic E-state index is 13.4. The van der Waals surface area contributed by atoms with Gasteiger partial charge < -0.3 is 5.32 Å². The van der Waals surface area contributed by atoms with Gasteiger partial charge in [-0.25, -0.2) is 12.8 Å². The Hall–Kier alpha value is -2.25. The molecule has 2 aromatic carbocycles. The normalized spacial score (nSPS) is 25.8. The number of carbonyl (C=O) groups excluding carboxylic acids is 1. The molecule has 2 fully saturated rings. The van der Waals surface area contributed by atoms with E-state index in [0.29, 0.717) is 17.8 Å². The van der Waals surface area contributed by atoms with E-state index in [1.807, 2.05) is 0 Å². The van der Waals surface area contributed by atoms with Crippen molar-refractivity contribution < 1.29 is 17.6 Å². The molecule has 0 unspecified atom stereocenters. The Morgan fingerprint density at radius 2 is 1.80 bits per heavy atom. The smallest absolute Gasteiger partial charge is 0.255 e. The summed E-state index contributed by atoms with van der Waals surface area (Å²) in [6, 6.07) is 11.5. The van der Waals surface area contributed by atoms with Crippen molar-refractivity contribution >= 4 is 21.6 Å². The molecule has 1 aliphatic carbocycles. The van der Waals surface area contributed by atoms with Crippen molar-refractivity contribution in [2.45, 2.75) is 51.0 Å². The first-order valence-corrected chi connectivity index (χ1v) is 11.6. The van der Waals surface area contributed by atoms with Crippen LogP contribution in [0.25, 0.3) is 0 Å². The Labute approximate surface area is 177 Å². The summed E-state index contributed by atoms with van der Waals surface area (Å²) in [6.45, 7) is 7.11. The first-order valence-electron chi connectivity index (χ1n) is 10.2. The third kappa shape index (κ3) is 4.01. The molecule has 1 N–H and O–H groups in total. The number of benzene rings is 2. The first-order chi connectivity index (χ1) is 14.0. The van der Waals surface area contributed by atoms with Crippen LogP contribution < -0.4 is 5.32 Å². The standard InChI is InChI=1S/C23H27FN2O3S/c1-22(2)12-19-13-23(3,14-22)15-26(19)30(28,29)20-6-4-5-18(11-20)25-21(27)16-7-9-17(24)10-8-16/h4-11,19H,12-15H2,1-3H3,(H,25,27)/t19-,23+/m1/s1. The molecule has 0 aromatic heterocycles. The number of sulfonamides is 1. The lowest BCUT2D eigenvalue weighted by Gasteiger charge is -2.39. The van der Waals surface area contributed by atoms with Gasteiger partial charge in [-0.1, -0.05) is 26.8 Å². The van der Waals surface area contributed by atoms with Gasteiger partial charge in [0.2, 0.25) is 10.0 Å². The van der Waals surface area contributed by atoms with Crippen molar-refractivity contribution in [2.24, 2.45) is 10.8 Å². The quantitative estimate of drug-likeness (QED) is 0.767. The molecule has 1 heterocycles. The fraction of sp³-hybridized carbons (Fsp3) is 0.435. The van der Waals surface area contributed by atoms with E-state index in [4.69, 9.17) is 0 Å². The van der Waals surface area contributed by atoms with Gasteiger partial charge in [-0.3, -0.25) is 4.79 Å². The Bertz CT molecular complexity index is 1080. The fourth-order valence-corrected chi connectivity index (χ4v) is 7.18. The van der Waals surface area contributed by atoms with Gasteiger partial charge in [0, 0.05) is 23.8 Å². The molecule has 2 aromatic rings. The second kappa shape index (κ2) is 7.17. The molecule has 5 nitrogen and oxygen atoms in total. The summed E-state index contributed by atoms with van der Waals surface area (Å²) in [5.74, 6) is -0.844. The van der Waals surface area contributed by atoms with Gasteiger partial charge in [0.05, 0.1) is 4.90 Å². The fourth-order valence-electron chi connectivity index (χ4n) is 5.36. The Morgan fingerprint density at radius 3 is 2.50 bits per heavy atom. The minimum absolute atomic E-state index is 0.00112. The topological polar surface area (TPSA) is 66.5 Å². The van der Waals surface area contributed by atoms with Gasteiger partial charge in [0.25, 0.3) is 5.91 Å². The summed E-state index contributed by atoms with van der Waals surface area (Å²) in [7, 11) is -3.68. The maximum Gasteiger partial charge on any atom is 0.255 e. The largest absolute Gasteiger partial charge is 0.322 e. The maximum atomic E-state index is 13.4. The molecular weight excluding hydrogens is 403 g/mol. The van der Waals surface area contributed by atoms with Crippen LogP contribution in [0, 0.1) is 16.6 Å². The number of nitrogens with one attached hydrogen (secondary N) is 1. The van der Waals surface area contributed by atoms with Crippen LogP contribution in [0.5, 0.6) is 0 Å². The zero-order valence-electron chi connectivity index (χ0n) is 17.5. The number of anilines is 1. The Balaban J connectivity index is 1.57. The van der Waals surface area contributed by atoms with Crippen molar-refractivity contribution in [1.29, 1.82) is 0 Å². The molecule has 0 spiro atoms. The summed E-state index contributed by atoms with van der Waals surface area (Å²) >= 11 is 0. The molecule has 1 amide bonds. The molecule has 160 valence electrons. The van der Waals surface area contributed by atoms with Crippen LogP contribution in [0.1, 0.15) is 50.4 Å². The second-order valence-electron chi connectivity index (χ2n) is 9.75. The van der Waals surface area contributed by atoms with Crippen LogP contribution in [0.2, 0.25) is 0 Å². The monoisotopic (exact) mass is 430 g/mol. The summed E-state index contributed by atoms with van der Waals surface area (Å²) in [5.41, 5.74) is 0.799. The number of hydrogen-bond acceptors (Lipinski definition) is 3. The molecule has 1 aliphatic heterocycles. The predicted octanol–water partition coefficient (Wildman–Crippen LogP) is 4.67. The summed E-state index contributed by atoms with van der Waals surface area (Å²) in [6.07, 6.45) is 2.75. The van der Waals surface area contributed by atoms with E-state index in [-0.39, 0.29) is 21.8 Å². The molecule has 4 rings (SSSR count). The van der Waals surface area contributed by atoms with Crippen molar-refractivity contribution in [3.8, 4) is 0 Å². The Kier molecular flexibility index (Phi) is 5.02. The summed E-state index contributed by atoms with van der Waals surface area (Å²) < 4.78 is 41.6. The highest BCUT2D eigenvalue weighted by molar-refractivity contribution is 7.89. The van der Waals surface area contributed by atoms with Gasteiger partial charge in [-0.2, -0.15) is 4.31 Å². The highest BCUT2D eigenvalue weighted by Gasteiger charge is 2.53. The van der Waals surface area contributed by atoms with Gasteiger partial charge in [-0.05, 0) is 72.6 Å². The van der Waals surface area contributed by atoms with Crippen LogP contribution in [-0.2, 0) is 10.0 Å². The van der Waals surface area contributed by atoms with E-state index >= 15 is 0 Å². The van der Waals surface area contributed by atoms with Crippen molar-refractivity contribution in [3.63, 3.8) is 0 Å². The van der Waals surface area contributed by atoms with Crippen molar-refractivity contribution in [1.82, 2.24) is 4.31 Å². The Morgan fingerprint density at radius 1 is 1.10 bits per heavy atom. The highest BCUT2D eigenvalue weighted by atomic mass is 32.2. The zero-order chi connectivity index (χ0) is 21.7. The third-order valence-electron chi connectivity index (χ3n) is 6.17. The van der Waals surface area contributed by atoms with Gasteiger partial charge in [0.15, 0.2) is 0 Å². The summed E-state index contributed by atoms with van der Waals surface area (Å²) in [4.78, 5) is 12.6. The van der Waals surface area contributed by atoms with Gasteiger partial charge in [0.1, 0.15) is 5.82 Å². The molecule has 30 heavy (non-hydrogen) atoms. The molecular formula is C23H27FN2O3S. The molecule has 0 radical (unpaired) electrons. The van der Waals surface area contributed by atoms with E-state index < -0.39 is 21.7 Å². The van der Waals surface area contributed by atoms with Crippen LogP contribution in [0.15, 0.2) is 53.4 Å². The lowest BCUT2D eigenvalue weighted by atomic mass is 9.65. The van der Waals surface area contributed by atoms with Crippen LogP contribution in [-0.4, -0.2) is 31.2 Å². The average Bonchev–Trinajstić information content (AvgIpc) is 2.92. The number of halogens is 1. The van der Waals surface area contributed by atoms with Gasteiger partial charge in [-0.15, -0.1) is 0 Å². The predicted molar refractivity (Wildman–Crippen MR) is 114 cm³/mol. The molecule has 7 heteroatoms. The molecule has 2 aliphatic rings. The molecule has 1 saturated carbocycles. The highest BCUT2D eigenvalue weighted by Crippen LogP contribution is 2.53. The third-order valence-corrected chi connectivity index (χ3v) is 8.07. The van der Waals surface area contributed by atoms with Crippen LogP contribution in [0.3, 0.4) is 0 Å². The van der Waals surface area contributed by atoms with E-state index in [9.17, 15) is 17.6 Å². The lowest BCUT2D eigenvalue weighted by molar-refractivity contribution is 0.102. The van der Waals surface area contributed by atoms with Crippen LogP contribution >= 0.6 is 0 Å². The number of nitrogens with zero attached hydrogens (tertiary/aromatic N) is 1. The van der Waals surface area contributed by atoms with E-state index in [1.54, 1.807) is 22.5 Å². The minimum atomic E-state index is -3.68. The van der Waals surface area contributed by atoms with E-state index in [0.717, 1.165) is 19.3 Å². The second-order valence-corrected chi connectivity index (χ2v) is 11.6. The lowest BCUT2D eigenvalue weighted by Crippen LogP contribution is -2.37.